The van der Waals surface area contributed by atoms with Crippen LogP contribution in [0.25, 0.3) is 0 Å². The third kappa shape index (κ3) is 5.64. The van der Waals surface area contributed by atoms with Gasteiger partial charge >= 0.3 is 0 Å². The molecule has 0 aliphatic heterocycles. The summed E-state index contributed by atoms with van der Waals surface area (Å²) in [7, 11) is 3.13. The van der Waals surface area contributed by atoms with Crippen LogP contribution >= 0.6 is 0 Å². The number of nitrogens with zero attached hydrogens (tertiary/aromatic N) is 1. The third-order valence-electron chi connectivity index (χ3n) is 4.92. The van der Waals surface area contributed by atoms with Gasteiger partial charge in [0.2, 0.25) is 11.8 Å². The number of ether oxygens (including phenoxy) is 2. The molecular formula is C20H30N2O4. The van der Waals surface area contributed by atoms with Gasteiger partial charge in [-0.1, -0.05) is 25.7 Å². The maximum atomic E-state index is 12.3. The van der Waals surface area contributed by atoms with Crippen molar-refractivity contribution < 1.29 is 19.1 Å². The van der Waals surface area contributed by atoms with Crippen LogP contribution in [0.3, 0.4) is 0 Å². The molecular weight excluding hydrogens is 332 g/mol. The zero-order valence-corrected chi connectivity index (χ0v) is 16.0. The lowest BCUT2D eigenvalue weighted by atomic mass is 10.1. The maximum Gasteiger partial charge on any atom is 0.226 e. The van der Waals surface area contributed by atoms with E-state index >= 15 is 0 Å². The van der Waals surface area contributed by atoms with Crippen molar-refractivity contribution in [2.24, 2.45) is 0 Å². The molecule has 6 heteroatoms. The van der Waals surface area contributed by atoms with E-state index < -0.39 is 0 Å². The summed E-state index contributed by atoms with van der Waals surface area (Å²) in [6, 6.07) is 5.52. The van der Waals surface area contributed by atoms with Crippen molar-refractivity contribution in [2.45, 2.75) is 57.9 Å². The molecule has 1 aromatic rings. The van der Waals surface area contributed by atoms with Crippen LogP contribution in [0.15, 0.2) is 18.2 Å². The van der Waals surface area contributed by atoms with Crippen LogP contribution in [0, 0.1) is 0 Å². The number of methoxy groups -OCH3 is 2. The lowest BCUT2D eigenvalue weighted by Crippen LogP contribution is -2.40. The summed E-state index contributed by atoms with van der Waals surface area (Å²) >= 11 is 0. The van der Waals surface area contributed by atoms with Crippen LogP contribution in [0.2, 0.25) is 0 Å². The van der Waals surface area contributed by atoms with E-state index in [1.165, 1.54) is 12.8 Å². The normalized spacial score (nSPS) is 15.0. The number of anilines is 1. The summed E-state index contributed by atoms with van der Waals surface area (Å²) in [4.78, 5) is 26.2. The number of rotatable bonds is 7. The minimum absolute atomic E-state index is 0.0517. The molecule has 2 rings (SSSR count). The van der Waals surface area contributed by atoms with Crippen LogP contribution < -0.4 is 14.8 Å². The van der Waals surface area contributed by atoms with Crippen LogP contribution in [0.5, 0.6) is 11.5 Å². The molecule has 6 nitrogen and oxygen atoms in total. The van der Waals surface area contributed by atoms with E-state index in [-0.39, 0.29) is 24.3 Å². The standard InChI is InChI=1S/C20H30N2O4/c1-15(23)22(17-8-6-4-5-7-9-17)13-12-20(24)21-16-10-11-18(25-2)19(14-16)26-3/h10-11,14,17H,4-9,12-13H2,1-3H3,(H,21,24). The van der Waals surface area contributed by atoms with Crippen LogP contribution in [-0.2, 0) is 9.59 Å². The van der Waals surface area contributed by atoms with E-state index in [4.69, 9.17) is 9.47 Å². The Kier molecular flexibility index (Phi) is 7.75. The molecule has 0 saturated heterocycles. The van der Waals surface area contributed by atoms with Crippen molar-refractivity contribution in [1.29, 1.82) is 0 Å². The molecule has 0 bridgehead atoms. The fourth-order valence-corrected chi connectivity index (χ4v) is 3.53. The lowest BCUT2D eigenvalue weighted by Gasteiger charge is -2.30. The Labute approximate surface area is 155 Å². The molecule has 144 valence electrons. The largest absolute Gasteiger partial charge is 0.493 e. The highest BCUT2D eigenvalue weighted by Gasteiger charge is 2.22. The van der Waals surface area contributed by atoms with Crippen molar-refractivity contribution in [2.75, 3.05) is 26.1 Å². The zero-order chi connectivity index (χ0) is 18.9. The molecule has 1 aliphatic rings. The highest BCUT2D eigenvalue weighted by atomic mass is 16.5. The average molecular weight is 362 g/mol. The summed E-state index contributed by atoms with van der Waals surface area (Å²) in [5.74, 6) is 1.11. The van der Waals surface area contributed by atoms with Crippen LogP contribution in [0.1, 0.15) is 51.9 Å². The first-order valence-corrected chi connectivity index (χ1v) is 9.34. The van der Waals surface area contributed by atoms with Crippen LogP contribution in [0.4, 0.5) is 5.69 Å². The predicted molar refractivity (Wildman–Crippen MR) is 102 cm³/mol. The number of amides is 2. The second kappa shape index (κ2) is 10.0. The summed E-state index contributed by atoms with van der Waals surface area (Å²) < 4.78 is 10.4. The summed E-state index contributed by atoms with van der Waals surface area (Å²) in [6.07, 6.45) is 7.15. The molecule has 26 heavy (non-hydrogen) atoms. The van der Waals surface area contributed by atoms with Gasteiger partial charge in [-0.15, -0.1) is 0 Å². The molecule has 0 atom stereocenters. The summed E-state index contributed by atoms with van der Waals surface area (Å²) in [5.41, 5.74) is 0.650. The molecule has 2 amide bonds. The Balaban J connectivity index is 1.92. The summed E-state index contributed by atoms with van der Waals surface area (Å²) in [5, 5.41) is 2.87. The first-order chi connectivity index (χ1) is 12.5. The van der Waals surface area contributed by atoms with E-state index in [0.717, 1.165) is 25.7 Å². The van der Waals surface area contributed by atoms with Gasteiger partial charge in [0, 0.05) is 37.7 Å². The second-order valence-corrected chi connectivity index (χ2v) is 6.73. The molecule has 1 aliphatic carbocycles. The average Bonchev–Trinajstić information content (AvgIpc) is 2.90. The Morgan fingerprint density at radius 2 is 1.73 bits per heavy atom. The number of hydrogen-bond donors (Lipinski definition) is 1. The van der Waals surface area contributed by atoms with Gasteiger partial charge in [0.05, 0.1) is 14.2 Å². The van der Waals surface area contributed by atoms with Gasteiger partial charge in [-0.05, 0) is 25.0 Å². The third-order valence-corrected chi connectivity index (χ3v) is 4.92. The smallest absolute Gasteiger partial charge is 0.226 e. The van der Waals surface area contributed by atoms with E-state index in [9.17, 15) is 9.59 Å². The Hall–Kier alpha value is -2.24. The van der Waals surface area contributed by atoms with Crippen molar-refractivity contribution in [1.82, 2.24) is 4.90 Å². The number of nitrogens with one attached hydrogen (secondary N) is 1. The topological polar surface area (TPSA) is 67.9 Å². The number of carbonyl (C=O) groups excluding carboxylic acids is 2. The first kappa shape index (κ1) is 20.1. The molecule has 1 N–H and O–H groups in total. The maximum absolute atomic E-state index is 12.3. The van der Waals surface area contributed by atoms with Crippen LogP contribution in [-0.4, -0.2) is 43.5 Å². The Bertz CT molecular complexity index is 610. The molecule has 0 unspecified atom stereocenters. The zero-order valence-electron chi connectivity index (χ0n) is 16.0. The van der Waals surface area contributed by atoms with Crippen molar-refractivity contribution in [3.8, 4) is 11.5 Å². The monoisotopic (exact) mass is 362 g/mol. The van der Waals surface area contributed by atoms with E-state index in [1.807, 2.05) is 4.90 Å². The summed E-state index contributed by atoms with van der Waals surface area (Å²) in [6.45, 7) is 2.05. The van der Waals surface area contributed by atoms with Crippen molar-refractivity contribution >= 4 is 17.5 Å². The van der Waals surface area contributed by atoms with Crippen molar-refractivity contribution in [3.05, 3.63) is 18.2 Å². The van der Waals surface area contributed by atoms with Gasteiger partial charge in [0.1, 0.15) is 0 Å². The first-order valence-electron chi connectivity index (χ1n) is 9.34. The fourth-order valence-electron chi connectivity index (χ4n) is 3.53. The Morgan fingerprint density at radius 3 is 2.31 bits per heavy atom. The van der Waals surface area contributed by atoms with Gasteiger partial charge in [-0.3, -0.25) is 9.59 Å². The quantitative estimate of drug-likeness (QED) is 0.753. The number of hydrogen-bond acceptors (Lipinski definition) is 4. The highest BCUT2D eigenvalue weighted by molar-refractivity contribution is 5.91. The lowest BCUT2D eigenvalue weighted by molar-refractivity contribution is -0.131. The highest BCUT2D eigenvalue weighted by Crippen LogP contribution is 2.29. The number of carbonyl (C=O) groups is 2. The van der Waals surface area contributed by atoms with E-state index in [0.29, 0.717) is 23.7 Å². The molecule has 0 aromatic heterocycles. The van der Waals surface area contributed by atoms with Crippen molar-refractivity contribution in [3.63, 3.8) is 0 Å². The van der Waals surface area contributed by atoms with Gasteiger partial charge < -0.3 is 19.7 Å². The molecule has 0 spiro atoms. The molecule has 0 radical (unpaired) electrons. The molecule has 0 heterocycles. The predicted octanol–water partition coefficient (Wildman–Crippen LogP) is 3.60. The molecule has 1 aromatic carbocycles. The van der Waals surface area contributed by atoms with Gasteiger partial charge in [0.15, 0.2) is 11.5 Å². The van der Waals surface area contributed by atoms with Gasteiger partial charge in [0.25, 0.3) is 0 Å². The van der Waals surface area contributed by atoms with E-state index in [2.05, 4.69) is 5.32 Å². The van der Waals surface area contributed by atoms with E-state index in [1.54, 1.807) is 39.3 Å². The molecule has 1 fully saturated rings. The minimum Gasteiger partial charge on any atom is -0.493 e. The number of benzene rings is 1. The Morgan fingerprint density at radius 1 is 1.08 bits per heavy atom. The molecule has 1 saturated carbocycles. The fraction of sp³-hybridized carbons (Fsp3) is 0.600. The van der Waals surface area contributed by atoms with Gasteiger partial charge in [-0.2, -0.15) is 0 Å². The second-order valence-electron chi connectivity index (χ2n) is 6.73. The SMILES string of the molecule is COc1ccc(NC(=O)CCN(C(C)=O)C2CCCCCC2)cc1OC. The van der Waals surface area contributed by atoms with Gasteiger partial charge in [-0.25, -0.2) is 0 Å². The minimum atomic E-state index is -0.114.